The lowest BCUT2D eigenvalue weighted by molar-refractivity contribution is -0.174. The van der Waals surface area contributed by atoms with Crippen LogP contribution >= 0.6 is 0 Å². The summed E-state index contributed by atoms with van der Waals surface area (Å²) >= 11 is 0. The summed E-state index contributed by atoms with van der Waals surface area (Å²) in [5.74, 6) is -1.07. The Hall–Kier alpha value is -3.28. The number of nitrogens with zero attached hydrogens (tertiary/aromatic N) is 2. The van der Waals surface area contributed by atoms with Crippen molar-refractivity contribution in [1.82, 2.24) is 9.88 Å². The number of benzene rings is 2. The zero-order valence-corrected chi connectivity index (χ0v) is 16.7. The quantitative estimate of drug-likeness (QED) is 0.621. The zero-order valence-electron chi connectivity index (χ0n) is 16.7. The van der Waals surface area contributed by atoms with E-state index in [0.29, 0.717) is 11.1 Å². The summed E-state index contributed by atoms with van der Waals surface area (Å²) in [4.78, 5) is 31.5. The standard InChI is InChI=1S/C23H21FN2O3/c1-13-18-6-5-11-25-21(18)14(2)19-20(13)23(4,29-15(3)27)26(22(19)28)12-16-7-9-17(24)10-8-16/h5-11H,12H2,1-4H3. The molecule has 0 fully saturated rings. The molecule has 4 rings (SSSR count). The summed E-state index contributed by atoms with van der Waals surface area (Å²) in [7, 11) is 0. The van der Waals surface area contributed by atoms with Gasteiger partial charge in [-0.15, -0.1) is 0 Å². The number of aryl methyl sites for hydroxylation is 2. The van der Waals surface area contributed by atoms with E-state index in [4.69, 9.17) is 4.74 Å². The van der Waals surface area contributed by atoms with Crippen molar-refractivity contribution in [3.8, 4) is 0 Å². The summed E-state index contributed by atoms with van der Waals surface area (Å²) in [5.41, 5.74) is 3.02. The van der Waals surface area contributed by atoms with Gasteiger partial charge in [-0.3, -0.25) is 19.5 Å². The van der Waals surface area contributed by atoms with Crippen molar-refractivity contribution >= 4 is 22.8 Å². The summed E-state index contributed by atoms with van der Waals surface area (Å²) in [6, 6.07) is 9.74. The van der Waals surface area contributed by atoms with Crippen LogP contribution < -0.4 is 0 Å². The fourth-order valence-corrected chi connectivity index (χ4v) is 4.33. The third-order valence-corrected chi connectivity index (χ3v) is 5.60. The van der Waals surface area contributed by atoms with Crippen LogP contribution in [0.5, 0.6) is 0 Å². The Kier molecular flexibility index (Phi) is 4.37. The van der Waals surface area contributed by atoms with E-state index in [-0.39, 0.29) is 18.3 Å². The van der Waals surface area contributed by atoms with Crippen molar-refractivity contribution in [2.24, 2.45) is 0 Å². The number of ether oxygens (including phenoxy) is 1. The van der Waals surface area contributed by atoms with Crippen LogP contribution in [0.1, 0.15) is 46.5 Å². The predicted octanol–water partition coefficient (Wildman–Crippen LogP) is 4.38. The average molecular weight is 392 g/mol. The molecule has 5 nitrogen and oxygen atoms in total. The number of hydrogen-bond donors (Lipinski definition) is 0. The van der Waals surface area contributed by atoms with E-state index < -0.39 is 11.7 Å². The lowest BCUT2D eigenvalue weighted by Gasteiger charge is -2.35. The van der Waals surface area contributed by atoms with Gasteiger partial charge in [0.2, 0.25) is 5.72 Å². The van der Waals surface area contributed by atoms with Crippen LogP contribution in [-0.4, -0.2) is 21.8 Å². The number of fused-ring (bicyclic) bond motifs is 2. The number of esters is 1. The second-order valence-corrected chi connectivity index (χ2v) is 7.49. The molecule has 1 amide bonds. The molecule has 0 saturated carbocycles. The van der Waals surface area contributed by atoms with Crippen LogP contribution in [0.4, 0.5) is 4.39 Å². The molecule has 0 spiro atoms. The number of carbonyl (C=O) groups is 2. The molecule has 148 valence electrons. The van der Waals surface area contributed by atoms with Gasteiger partial charge < -0.3 is 4.74 Å². The molecule has 0 radical (unpaired) electrons. The highest BCUT2D eigenvalue weighted by molar-refractivity contribution is 6.06. The Bertz CT molecular complexity index is 1160. The molecular weight excluding hydrogens is 371 g/mol. The van der Waals surface area contributed by atoms with E-state index in [1.54, 1.807) is 25.3 Å². The monoisotopic (exact) mass is 392 g/mol. The third-order valence-electron chi connectivity index (χ3n) is 5.60. The molecular formula is C23H21FN2O3. The first-order valence-electron chi connectivity index (χ1n) is 9.38. The van der Waals surface area contributed by atoms with Crippen LogP contribution in [-0.2, 0) is 21.8 Å². The summed E-state index contributed by atoms with van der Waals surface area (Å²) in [5, 5.41) is 0.915. The highest BCUT2D eigenvalue weighted by Gasteiger charge is 2.51. The van der Waals surface area contributed by atoms with Crippen LogP contribution in [0.25, 0.3) is 10.9 Å². The highest BCUT2D eigenvalue weighted by Crippen LogP contribution is 2.46. The number of hydrogen-bond acceptors (Lipinski definition) is 4. The molecule has 0 saturated heterocycles. The van der Waals surface area contributed by atoms with Crippen molar-refractivity contribution in [1.29, 1.82) is 0 Å². The first kappa shape index (κ1) is 19.1. The number of rotatable bonds is 3. The van der Waals surface area contributed by atoms with E-state index in [2.05, 4.69) is 4.98 Å². The number of amides is 1. The average Bonchev–Trinajstić information content (AvgIpc) is 2.89. The van der Waals surface area contributed by atoms with Crippen molar-refractivity contribution in [2.45, 2.75) is 40.0 Å². The van der Waals surface area contributed by atoms with E-state index in [9.17, 15) is 14.0 Å². The molecule has 3 aromatic rings. The van der Waals surface area contributed by atoms with Crippen molar-refractivity contribution in [3.05, 3.63) is 76.2 Å². The number of carbonyl (C=O) groups excluding carboxylic acids is 2. The maximum atomic E-state index is 13.5. The molecule has 6 heteroatoms. The number of halogens is 1. The Morgan fingerprint density at radius 1 is 1.17 bits per heavy atom. The Morgan fingerprint density at radius 2 is 1.86 bits per heavy atom. The lowest BCUT2D eigenvalue weighted by atomic mass is 9.90. The molecule has 0 bridgehead atoms. The zero-order chi connectivity index (χ0) is 20.9. The SMILES string of the molecule is CC(=O)OC1(C)c2c(c(C)c3ncccc3c2C)C(=O)N1Cc1ccc(F)cc1. The van der Waals surface area contributed by atoms with Gasteiger partial charge in [0.05, 0.1) is 17.6 Å². The maximum absolute atomic E-state index is 13.5. The largest absolute Gasteiger partial charge is 0.435 e. The fourth-order valence-electron chi connectivity index (χ4n) is 4.33. The van der Waals surface area contributed by atoms with Crippen molar-refractivity contribution in [2.75, 3.05) is 0 Å². The number of aromatic nitrogens is 1. The molecule has 1 aliphatic rings. The number of pyridine rings is 1. The first-order chi connectivity index (χ1) is 13.7. The molecule has 0 aliphatic carbocycles. The summed E-state index contributed by atoms with van der Waals surface area (Å²) < 4.78 is 19.1. The highest BCUT2D eigenvalue weighted by atomic mass is 19.1. The van der Waals surface area contributed by atoms with Crippen LogP contribution in [0.2, 0.25) is 0 Å². The molecule has 1 unspecified atom stereocenters. The van der Waals surface area contributed by atoms with Gasteiger partial charge in [-0.25, -0.2) is 4.39 Å². The summed E-state index contributed by atoms with van der Waals surface area (Å²) in [6.07, 6.45) is 1.70. The van der Waals surface area contributed by atoms with Gasteiger partial charge in [0.1, 0.15) is 5.82 Å². The van der Waals surface area contributed by atoms with Gasteiger partial charge in [0, 0.05) is 24.1 Å². The van der Waals surface area contributed by atoms with Gasteiger partial charge in [0.25, 0.3) is 5.91 Å². The van der Waals surface area contributed by atoms with Crippen molar-refractivity contribution in [3.63, 3.8) is 0 Å². The minimum Gasteiger partial charge on any atom is -0.435 e. The lowest BCUT2D eigenvalue weighted by Crippen LogP contribution is -2.44. The fraction of sp³-hybridized carbons (Fsp3) is 0.261. The minimum absolute atomic E-state index is 0.181. The second kappa shape index (κ2) is 6.65. The Morgan fingerprint density at radius 3 is 2.52 bits per heavy atom. The Balaban J connectivity index is 1.95. The normalized spacial score (nSPS) is 18.2. The maximum Gasteiger partial charge on any atom is 0.305 e. The van der Waals surface area contributed by atoms with Gasteiger partial charge >= 0.3 is 5.97 Å². The van der Waals surface area contributed by atoms with Gasteiger partial charge in [-0.05, 0) is 55.7 Å². The smallest absolute Gasteiger partial charge is 0.305 e. The van der Waals surface area contributed by atoms with Crippen molar-refractivity contribution < 1.29 is 18.7 Å². The Labute approximate surface area is 168 Å². The van der Waals surface area contributed by atoms with E-state index in [0.717, 1.165) is 27.6 Å². The topological polar surface area (TPSA) is 59.5 Å². The third kappa shape index (κ3) is 2.87. The molecule has 1 aromatic heterocycles. The summed E-state index contributed by atoms with van der Waals surface area (Å²) in [6.45, 7) is 7.02. The molecule has 1 atom stereocenters. The molecule has 2 heterocycles. The van der Waals surface area contributed by atoms with Crippen LogP contribution in [0.3, 0.4) is 0 Å². The predicted molar refractivity (Wildman–Crippen MR) is 107 cm³/mol. The first-order valence-corrected chi connectivity index (χ1v) is 9.38. The van der Waals surface area contributed by atoms with E-state index in [1.807, 2.05) is 26.0 Å². The minimum atomic E-state index is -1.27. The molecule has 0 N–H and O–H groups in total. The second-order valence-electron chi connectivity index (χ2n) is 7.49. The van der Waals surface area contributed by atoms with Crippen LogP contribution in [0, 0.1) is 19.7 Å². The van der Waals surface area contributed by atoms with Gasteiger partial charge in [-0.1, -0.05) is 18.2 Å². The van der Waals surface area contributed by atoms with E-state index in [1.165, 1.54) is 24.0 Å². The van der Waals surface area contributed by atoms with Crippen LogP contribution in [0.15, 0.2) is 42.6 Å². The molecule has 1 aliphatic heterocycles. The van der Waals surface area contributed by atoms with Gasteiger partial charge in [0.15, 0.2) is 0 Å². The molecule has 2 aromatic carbocycles. The molecule has 29 heavy (non-hydrogen) atoms. The van der Waals surface area contributed by atoms with E-state index >= 15 is 0 Å². The van der Waals surface area contributed by atoms with Gasteiger partial charge in [-0.2, -0.15) is 0 Å².